The molecule has 0 radical (unpaired) electrons. The molecule has 0 saturated heterocycles. The number of halogens is 2. The summed E-state index contributed by atoms with van der Waals surface area (Å²) < 4.78 is 8.02. The van der Waals surface area contributed by atoms with Gasteiger partial charge in [-0.05, 0) is 64.9 Å². The van der Waals surface area contributed by atoms with Gasteiger partial charge in [0.1, 0.15) is 5.75 Å². The van der Waals surface area contributed by atoms with Gasteiger partial charge in [0, 0.05) is 5.88 Å². The molecule has 3 aromatic rings. The zero-order valence-corrected chi connectivity index (χ0v) is 14.6. The lowest BCUT2D eigenvalue weighted by Crippen LogP contribution is -3.61. The van der Waals surface area contributed by atoms with Crippen molar-refractivity contribution in [3.05, 3.63) is 73.4 Å². The molecule has 3 aromatic carbocycles. The Bertz CT molecular complexity index is 753. The Kier molecular flexibility index (Phi) is 4.66. The molecule has 3 heteroatoms. The van der Waals surface area contributed by atoms with E-state index in [9.17, 15) is 0 Å². The molecule has 0 heterocycles. The molecule has 3 rings (SSSR count). The number of methoxy groups -OCH3 is 1. The van der Waals surface area contributed by atoms with Crippen LogP contribution < -0.4 is 25.9 Å². The maximum atomic E-state index is 5.89. The first kappa shape index (κ1) is 14.7. The molecular formula is C18H15ClIO+. The average Bonchev–Trinajstić information content (AvgIpc) is 2.55. The van der Waals surface area contributed by atoms with E-state index in [0.717, 1.165) is 5.75 Å². The summed E-state index contributed by atoms with van der Waals surface area (Å²) >= 11 is 5.73. The summed E-state index contributed by atoms with van der Waals surface area (Å²) in [6.07, 6.45) is 0. The summed E-state index contributed by atoms with van der Waals surface area (Å²) in [5.41, 5.74) is 1.17. The molecule has 0 bridgehead atoms. The van der Waals surface area contributed by atoms with Crippen molar-refractivity contribution in [2.45, 2.75) is 5.88 Å². The number of fused-ring (bicyclic) bond motifs is 1. The fraction of sp³-hybridized carbons (Fsp3) is 0.111. The second-order valence-electron chi connectivity index (χ2n) is 4.71. The predicted molar refractivity (Wildman–Crippen MR) is 83.9 cm³/mol. The van der Waals surface area contributed by atoms with E-state index in [4.69, 9.17) is 16.3 Å². The van der Waals surface area contributed by atoms with Crippen molar-refractivity contribution < 1.29 is 25.9 Å². The van der Waals surface area contributed by atoms with E-state index in [-0.39, 0.29) is 21.2 Å². The topological polar surface area (TPSA) is 9.23 Å². The molecule has 0 fully saturated rings. The normalized spacial score (nSPS) is 10.8. The standard InChI is InChI=1S/C18H15ClIO/c1-21-18-8-6-16(7-9-18)20-17-5-4-14-10-13(12-19)2-3-15(14)11-17/h2-11H,12H2,1H3/q+1. The van der Waals surface area contributed by atoms with Gasteiger partial charge < -0.3 is 4.74 Å². The van der Waals surface area contributed by atoms with Crippen LogP contribution in [0.15, 0.2) is 60.7 Å². The summed E-state index contributed by atoms with van der Waals surface area (Å²) in [6.45, 7) is 0. The molecule has 0 atom stereocenters. The first-order valence-electron chi connectivity index (χ1n) is 6.66. The monoisotopic (exact) mass is 409 g/mol. The van der Waals surface area contributed by atoms with Crippen LogP contribution >= 0.6 is 11.6 Å². The van der Waals surface area contributed by atoms with Crippen LogP contribution in [-0.4, -0.2) is 7.11 Å². The Morgan fingerprint density at radius 2 is 1.52 bits per heavy atom. The van der Waals surface area contributed by atoms with Crippen LogP contribution in [0.4, 0.5) is 0 Å². The first-order valence-corrected chi connectivity index (χ1v) is 9.35. The van der Waals surface area contributed by atoms with Crippen LogP contribution in [0.5, 0.6) is 5.75 Å². The van der Waals surface area contributed by atoms with Crippen molar-refractivity contribution in [2.75, 3.05) is 7.11 Å². The summed E-state index contributed by atoms with van der Waals surface area (Å²) in [6, 6.07) is 21.5. The first-order chi connectivity index (χ1) is 10.3. The SMILES string of the molecule is COc1ccc([I+]c2ccc3cc(CCl)ccc3c2)cc1. The minimum atomic E-state index is -0.158. The second kappa shape index (κ2) is 6.67. The highest BCUT2D eigenvalue weighted by Crippen LogP contribution is 2.16. The highest BCUT2D eigenvalue weighted by Gasteiger charge is 2.15. The smallest absolute Gasteiger partial charge is 0.357 e. The highest BCUT2D eigenvalue weighted by molar-refractivity contribution is 6.17. The molecular weight excluding hydrogens is 395 g/mol. The van der Waals surface area contributed by atoms with Crippen molar-refractivity contribution in [1.82, 2.24) is 0 Å². The average molecular weight is 410 g/mol. The molecule has 0 aliphatic rings. The zero-order chi connectivity index (χ0) is 14.7. The van der Waals surface area contributed by atoms with Gasteiger partial charge in [0.15, 0.2) is 7.14 Å². The van der Waals surface area contributed by atoms with Crippen molar-refractivity contribution in [1.29, 1.82) is 0 Å². The van der Waals surface area contributed by atoms with Gasteiger partial charge in [0.25, 0.3) is 0 Å². The van der Waals surface area contributed by atoms with Gasteiger partial charge >= 0.3 is 21.2 Å². The third-order valence-electron chi connectivity index (χ3n) is 3.29. The van der Waals surface area contributed by atoms with Crippen molar-refractivity contribution in [2.24, 2.45) is 0 Å². The summed E-state index contributed by atoms with van der Waals surface area (Å²) in [5.74, 6) is 1.48. The third-order valence-corrected chi connectivity index (χ3v) is 6.23. The molecule has 0 spiro atoms. The molecule has 21 heavy (non-hydrogen) atoms. The Morgan fingerprint density at radius 1 is 0.857 bits per heavy atom. The third kappa shape index (κ3) is 3.50. The number of hydrogen-bond donors (Lipinski definition) is 0. The van der Waals surface area contributed by atoms with Gasteiger partial charge in [0.05, 0.1) is 7.11 Å². The molecule has 0 saturated carbocycles. The van der Waals surface area contributed by atoms with Gasteiger partial charge in [-0.15, -0.1) is 11.6 Å². The Morgan fingerprint density at radius 3 is 2.24 bits per heavy atom. The van der Waals surface area contributed by atoms with Gasteiger partial charge in [-0.3, -0.25) is 0 Å². The van der Waals surface area contributed by atoms with Crippen molar-refractivity contribution in [3.63, 3.8) is 0 Å². The Hall–Kier alpha value is -1.26. The van der Waals surface area contributed by atoms with Crippen LogP contribution in [0.25, 0.3) is 10.8 Å². The number of ether oxygens (including phenoxy) is 1. The number of rotatable bonds is 4. The second-order valence-corrected chi connectivity index (χ2v) is 8.01. The maximum absolute atomic E-state index is 5.89. The lowest BCUT2D eigenvalue weighted by Gasteiger charge is -2.00. The van der Waals surface area contributed by atoms with Crippen molar-refractivity contribution >= 4 is 22.4 Å². The Balaban J connectivity index is 1.86. The van der Waals surface area contributed by atoms with E-state index in [1.807, 2.05) is 12.1 Å². The van der Waals surface area contributed by atoms with E-state index >= 15 is 0 Å². The van der Waals surface area contributed by atoms with Gasteiger partial charge in [-0.1, -0.05) is 12.1 Å². The minimum absolute atomic E-state index is 0.158. The van der Waals surface area contributed by atoms with Crippen LogP contribution in [-0.2, 0) is 5.88 Å². The number of benzene rings is 3. The summed E-state index contributed by atoms with van der Waals surface area (Å²) in [5, 5.41) is 2.55. The highest BCUT2D eigenvalue weighted by atomic mass is 127. The van der Waals surface area contributed by atoms with Gasteiger partial charge in [0.2, 0.25) is 0 Å². The van der Waals surface area contributed by atoms with E-state index < -0.39 is 0 Å². The number of hydrogen-bond acceptors (Lipinski definition) is 1. The predicted octanol–water partition coefficient (Wildman–Crippen LogP) is 1.72. The zero-order valence-electron chi connectivity index (χ0n) is 11.6. The summed E-state index contributed by atoms with van der Waals surface area (Å²) in [7, 11) is 1.70. The number of alkyl halides is 1. The fourth-order valence-electron chi connectivity index (χ4n) is 2.17. The maximum Gasteiger partial charge on any atom is 0.357 e. The largest absolute Gasteiger partial charge is 0.497 e. The lowest BCUT2D eigenvalue weighted by atomic mass is 10.1. The summed E-state index contributed by atoms with van der Waals surface area (Å²) in [4.78, 5) is 0. The minimum Gasteiger partial charge on any atom is -0.497 e. The Labute approximate surface area is 140 Å². The molecule has 106 valence electrons. The fourth-order valence-corrected chi connectivity index (χ4v) is 4.62. The van der Waals surface area contributed by atoms with Gasteiger partial charge in [-0.25, -0.2) is 0 Å². The van der Waals surface area contributed by atoms with E-state index in [1.54, 1.807) is 7.11 Å². The molecule has 0 amide bonds. The van der Waals surface area contributed by atoms with E-state index in [2.05, 4.69) is 48.5 Å². The van der Waals surface area contributed by atoms with Crippen molar-refractivity contribution in [3.8, 4) is 5.75 Å². The lowest BCUT2D eigenvalue weighted by molar-refractivity contribution is -0.597. The quantitative estimate of drug-likeness (QED) is 0.471. The van der Waals surface area contributed by atoms with Gasteiger partial charge in [-0.2, -0.15) is 0 Å². The van der Waals surface area contributed by atoms with E-state index in [1.165, 1.54) is 23.5 Å². The molecule has 0 aromatic heterocycles. The molecule has 0 N–H and O–H groups in total. The molecule has 1 nitrogen and oxygen atoms in total. The van der Waals surface area contributed by atoms with Crippen LogP contribution in [0.3, 0.4) is 0 Å². The van der Waals surface area contributed by atoms with Crippen LogP contribution in [0, 0.1) is 7.14 Å². The van der Waals surface area contributed by atoms with Crippen LogP contribution in [0.1, 0.15) is 5.56 Å². The van der Waals surface area contributed by atoms with Crippen LogP contribution in [0.2, 0.25) is 0 Å². The van der Waals surface area contributed by atoms with E-state index in [0.29, 0.717) is 5.88 Å². The molecule has 0 unspecified atom stereocenters. The molecule has 0 aliphatic carbocycles. The molecule has 0 aliphatic heterocycles.